The van der Waals surface area contributed by atoms with Crippen molar-refractivity contribution in [1.29, 1.82) is 0 Å². The van der Waals surface area contributed by atoms with Gasteiger partial charge in [-0.3, -0.25) is 9.59 Å². The molecule has 1 amide bonds. The van der Waals surface area contributed by atoms with Crippen molar-refractivity contribution in [2.45, 2.75) is 17.6 Å². The Morgan fingerprint density at radius 2 is 2.00 bits per heavy atom. The van der Waals surface area contributed by atoms with Crippen LogP contribution >= 0.6 is 23.1 Å². The number of rotatable bonds is 6. The fourth-order valence-corrected chi connectivity index (χ4v) is 4.05. The van der Waals surface area contributed by atoms with Crippen LogP contribution in [0.3, 0.4) is 0 Å². The number of alkyl halides is 2. The van der Waals surface area contributed by atoms with E-state index in [9.17, 15) is 23.2 Å². The second-order valence-corrected chi connectivity index (χ2v) is 7.99. The van der Waals surface area contributed by atoms with Crippen molar-refractivity contribution in [3.05, 3.63) is 51.4 Å². The molecular weight excluding hydrogens is 424 g/mol. The van der Waals surface area contributed by atoms with Crippen molar-refractivity contribution < 1.29 is 23.1 Å². The van der Waals surface area contributed by atoms with Crippen LogP contribution in [0.1, 0.15) is 15.2 Å². The van der Waals surface area contributed by atoms with E-state index in [2.05, 4.69) is 10.3 Å². The molecule has 29 heavy (non-hydrogen) atoms. The summed E-state index contributed by atoms with van der Waals surface area (Å²) >= 11 is 1.42. The van der Waals surface area contributed by atoms with Crippen molar-refractivity contribution in [2.75, 3.05) is 11.9 Å². The van der Waals surface area contributed by atoms with Gasteiger partial charge in [0.25, 0.3) is 17.2 Å². The number of hydrogen-bond acceptors (Lipinski definition) is 7. The van der Waals surface area contributed by atoms with Gasteiger partial charge in [0.05, 0.1) is 11.7 Å². The first-order chi connectivity index (χ1) is 13.8. The van der Waals surface area contributed by atoms with Gasteiger partial charge >= 0.3 is 5.97 Å². The van der Waals surface area contributed by atoms with Crippen molar-refractivity contribution in [3.63, 3.8) is 0 Å². The molecule has 2 aromatic heterocycles. The summed E-state index contributed by atoms with van der Waals surface area (Å²) in [5.74, 6) is -3.84. The van der Waals surface area contributed by atoms with E-state index in [4.69, 9.17) is 4.74 Å². The third kappa shape index (κ3) is 4.80. The summed E-state index contributed by atoms with van der Waals surface area (Å²) in [5, 5.41) is 2.86. The molecule has 3 rings (SSSR count). The van der Waals surface area contributed by atoms with Gasteiger partial charge in [-0.1, -0.05) is 11.8 Å². The zero-order chi connectivity index (χ0) is 21.1. The van der Waals surface area contributed by atoms with E-state index >= 15 is 0 Å². The topological polar surface area (TPSA) is 90.3 Å². The predicted octanol–water partition coefficient (Wildman–Crippen LogP) is 3.41. The molecule has 1 aromatic carbocycles. The monoisotopic (exact) mass is 439 g/mol. The summed E-state index contributed by atoms with van der Waals surface area (Å²) in [6.45, 7) is 1.09. The zero-order valence-corrected chi connectivity index (χ0v) is 16.9. The molecular formula is C18H15F2N3O4S2. The number of ether oxygens (including phenoxy) is 1. The second kappa shape index (κ2) is 8.70. The molecule has 0 unspecified atom stereocenters. The quantitative estimate of drug-likeness (QED) is 0.468. The molecule has 3 aromatic rings. The van der Waals surface area contributed by atoms with Crippen LogP contribution in [0.2, 0.25) is 0 Å². The molecule has 0 fully saturated rings. The molecule has 0 saturated carbocycles. The number of nitrogens with zero attached hydrogens (tertiary/aromatic N) is 2. The first kappa shape index (κ1) is 20.9. The number of carbonyl (C=O) groups excluding carboxylic acids is 2. The zero-order valence-electron chi connectivity index (χ0n) is 15.3. The molecule has 0 aliphatic heterocycles. The molecule has 7 nitrogen and oxygen atoms in total. The van der Waals surface area contributed by atoms with E-state index in [1.54, 1.807) is 14.0 Å². The third-order valence-electron chi connectivity index (χ3n) is 3.89. The van der Waals surface area contributed by atoms with Gasteiger partial charge in [-0.25, -0.2) is 9.78 Å². The average Bonchev–Trinajstić information content (AvgIpc) is 3.01. The van der Waals surface area contributed by atoms with E-state index in [0.717, 1.165) is 11.3 Å². The summed E-state index contributed by atoms with van der Waals surface area (Å²) in [6.07, 6.45) is 1.37. The highest BCUT2D eigenvalue weighted by molar-refractivity contribution is 7.99. The van der Waals surface area contributed by atoms with E-state index in [1.165, 1.54) is 35.2 Å². The Balaban J connectivity index is 1.63. The summed E-state index contributed by atoms with van der Waals surface area (Å²) in [4.78, 5) is 41.7. The minimum Gasteiger partial charge on any atom is -0.451 e. The number of nitrogens with one attached hydrogen (secondary N) is 1. The fourth-order valence-electron chi connectivity index (χ4n) is 2.52. The number of aromatic nitrogens is 2. The van der Waals surface area contributed by atoms with Crippen molar-refractivity contribution >= 4 is 50.9 Å². The highest BCUT2D eigenvalue weighted by atomic mass is 32.2. The van der Waals surface area contributed by atoms with Gasteiger partial charge < -0.3 is 14.6 Å². The van der Waals surface area contributed by atoms with Crippen LogP contribution in [0, 0.1) is 6.92 Å². The van der Waals surface area contributed by atoms with E-state index in [0.29, 0.717) is 38.1 Å². The third-order valence-corrected chi connectivity index (χ3v) is 5.80. The Kier molecular flexibility index (Phi) is 6.28. The van der Waals surface area contributed by atoms with Gasteiger partial charge in [0, 0.05) is 17.6 Å². The predicted molar refractivity (Wildman–Crippen MR) is 107 cm³/mol. The summed E-state index contributed by atoms with van der Waals surface area (Å²) in [5.41, 5.74) is 0.570. The Labute approximate surface area is 171 Å². The molecule has 0 bridgehead atoms. The standard InChI is InChI=1S/C18H15F2N3O4S2/c1-9-13-15(21-8-23(2)16(13)25)29-14(9)17(26)27-7-12(24)22-10-3-5-11(6-4-10)28-18(19)20/h3-6,8,18H,7H2,1-2H3,(H,22,24). The molecule has 0 radical (unpaired) electrons. The van der Waals surface area contributed by atoms with Crippen molar-refractivity contribution in [3.8, 4) is 0 Å². The van der Waals surface area contributed by atoms with Gasteiger partial charge in [0.1, 0.15) is 9.71 Å². The van der Waals surface area contributed by atoms with E-state index < -0.39 is 24.2 Å². The maximum absolute atomic E-state index is 12.3. The summed E-state index contributed by atoms with van der Waals surface area (Å²) < 4.78 is 31.0. The molecule has 0 aliphatic rings. The Bertz CT molecular complexity index is 1130. The fraction of sp³-hybridized carbons (Fsp3) is 0.222. The molecule has 152 valence electrons. The molecule has 0 aliphatic carbocycles. The molecule has 0 spiro atoms. The molecule has 1 N–H and O–H groups in total. The Morgan fingerprint density at radius 1 is 1.31 bits per heavy atom. The van der Waals surface area contributed by atoms with Crippen LogP contribution in [0.15, 0.2) is 40.3 Å². The highest BCUT2D eigenvalue weighted by Crippen LogP contribution is 2.28. The lowest BCUT2D eigenvalue weighted by atomic mass is 10.2. The first-order valence-corrected chi connectivity index (χ1v) is 9.92. The van der Waals surface area contributed by atoms with Crippen LogP contribution in [-0.2, 0) is 16.6 Å². The minimum absolute atomic E-state index is 0.206. The van der Waals surface area contributed by atoms with Gasteiger partial charge in [0.2, 0.25) is 0 Å². The number of anilines is 1. The lowest BCUT2D eigenvalue weighted by Crippen LogP contribution is -2.21. The number of benzene rings is 1. The number of thioether (sulfide) groups is 1. The van der Waals surface area contributed by atoms with Gasteiger partial charge in [-0.2, -0.15) is 8.78 Å². The lowest BCUT2D eigenvalue weighted by molar-refractivity contribution is -0.119. The number of amides is 1. The molecule has 11 heteroatoms. The number of esters is 1. The summed E-state index contributed by atoms with van der Waals surface area (Å²) in [7, 11) is 1.56. The maximum atomic E-state index is 12.3. The number of halogens is 2. The van der Waals surface area contributed by atoms with E-state index in [-0.39, 0.29) is 10.4 Å². The average molecular weight is 439 g/mol. The van der Waals surface area contributed by atoms with Crippen molar-refractivity contribution in [1.82, 2.24) is 9.55 Å². The Hall–Kier alpha value is -2.79. The minimum atomic E-state index is -2.53. The van der Waals surface area contributed by atoms with Crippen LogP contribution in [0.5, 0.6) is 0 Å². The van der Waals surface area contributed by atoms with Crippen LogP contribution in [-0.4, -0.2) is 33.8 Å². The number of aryl methyl sites for hydroxylation is 2. The van der Waals surface area contributed by atoms with Crippen LogP contribution < -0.4 is 10.9 Å². The van der Waals surface area contributed by atoms with Crippen molar-refractivity contribution in [2.24, 2.45) is 7.05 Å². The second-order valence-electron chi connectivity index (χ2n) is 5.92. The van der Waals surface area contributed by atoms with Crippen LogP contribution in [0.4, 0.5) is 14.5 Å². The van der Waals surface area contributed by atoms with E-state index in [1.807, 2.05) is 0 Å². The normalized spacial score (nSPS) is 11.1. The number of carbonyl (C=O) groups is 2. The van der Waals surface area contributed by atoms with Gasteiger partial charge in [0.15, 0.2) is 6.61 Å². The lowest BCUT2D eigenvalue weighted by Gasteiger charge is -2.07. The largest absolute Gasteiger partial charge is 0.451 e. The van der Waals surface area contributed by atoms with Gasteiger partial charge in [-0.05, 0) is 36.8 Å². The maximum Gasteiger partial charge on any atom is 0.349 e. The SMILES string of the molecule is Cc1c(C(=O)OCC(=O)Nc2ccc(SC(F)F)cc2)sc2ncn(C)c(=O)c12. The number of hydrogen-bond donors (Lipinski definition) is 1. The molecule has 2 heterocycles. The van der Waals surface area contributed by atoms with Crippen LogP contribution in [0.25, 0.3) is 10.2 Å². The highest BCUT2D eigenvalue weighted by Gasteiger charge is 2.21. The van der Waals surface area contributed by atoms with Gasteiger partial charge in [-0.15, -0.1) is 11.3 Å². The summed E-state index contributed by atoms with van der Waals surface area (Å²) in [6, 6.07) is 5.85. The number of fused-ring (bicyclic) bond motifs is 1. The molecule has 0 atom stereocenters. The number of thiophene rings is 1. The smallest absolute Gasteiger partial charge is 0.349 e. The Morgan fingerprint density at radius 3 is 2.66 bits per heavy atom. The first-order valence-electron chi connectivity index (χ1n) is 8.23. The molecule has 0 saturated heterocycles.